The van der Waals surface area contributed by atoms with Crippen LogP contribution >= 0.6 is 23.2 Å². The molecule has 6 unspecified atom stereocenters. The van der Waals surface area contributed by atoms with E-state index in [9.17, 15) is 18.0 Å². The van der Waals surface area contributed by atoms with Crippen molar-refractivity contribution in [2.75, 3.05) is 39.3 Å². The molecule has 6 aliphatic rings. The van der Waals surface area contributed by atoms with Gasteiger partial charge in [0.1, 0.15) is 22.4 Å². The molecule has 7 aromatic rings. The largest absolute Gasteiger partial charge is 0.341 e. The highest BCUT2D eigenvalue weighted by atomic mass is 35.5. The molecule has 2 aromatic heterocycles. The van der Waals surface area contributed by atoms with Crippen molar-refractivity contribution >= 4 is 67.1 Å². The number of nitrogens with two attached hydrogens (primary N) is 1. The number of para-hydroxylation sites is 4. The number of primary sulfonamides is 1. The van der Waals surface area contributed by atoms with Crippen LogP contribution in [0.2, 0.25) is 0 Å². The second-order valence-corrected chi connectivity index (χ2v) is 29.1. The number of hydrogen-bond acceptors (Lipinski definition) is 8. The topological polar surface area (TPSA) is 143 Å². The molecule has 0 aliphatic carbocycles. The number of benzene rings is 5. The number of aromatic nitrogens is 4. The van der Waals surface area contributed by atoms with Crippen molar-refractivity contribution in [3.63, 3.8) is 0 Å². The van der Waals surface area contributed by atoms with Crippen LogP contribution in [0, 0.1) is 13.8 Å². The van der Waals surface area contributed by atoms with Gasteiger partial charge in [0.15, 0.2) is 0 Å². The molecular weight excluding hydrogens is 1130 g/mol. The lowest BCUT2D eigenvalue weighted by Crippen LogP contribution is -2.50. The predicted octanol–water partition coefficient (Wildman–Crippen LogP) is 12.4. The average molecular weight is 1220 g/mol. The van der Waals surface area contributed by atoms with Crippen molar-refractivity contribution in [1.29, 1.82) is 0 Å². The Morgan fingerprint density at radius 3 is 1.36 bits per heavy atom. The molecule has 454 valence electrons. The Hall–Kier alpha value is -5.61. The van der Waals surface area contributed by atoms with Crippen molar-refractivity contribution in [2.24, 2.45) is 5.14 Å². The molecule has 13 nitrogen and oxygen atoms in total. The zero-order valence-corrected chi connectivity index (χ0v) is 52.5. The number of halogens is 2. The number of fused-ring (bicyclic) bond motifs is 6. The highest BCUT2D eigenvalue weighted by Crippen LogP contribution is 2.48. The Kier molecular flexibility index (Phi) is 17.1. The van der Waals surface area contributed by atoms with E-state index in [0.717, 1.165) is 106 Å². The van der Waals surface area contributed by atoms with Gasteiger partial charge in [-0.15, -0.1) is 23.2 Å². The molecule has 6 atom stereocenters. The normalized spacial score (nSPS) is 24.8. The fraction of sp³-hybridized carbons (Fsp3) is 0.514. The Bertz CT molecular complexity index is 3640. The van der Waals surface area contributed by atoms with Gasteiger partial charge in [-0.3, -0.25) is 19.4 Å². The summed E-state index contributed by atoms with van der Waals surface area (Å²) in [6.07, 6.45) is 16.4. The van der Waals surface area contributed by atoms with E-state index >= 15 is 0 Å². The van der Waals surface area contributed by atoms with Crippen molar-refractivity contribution in [3.8, 4) is 0 Å². The standard InChI is InChI=1S/C70H85Cl2N9O4S/c1-48-74-62-17-9-11-19-64(62)80(48)58-44-54-24-25-55(45-58)78(54)41-35-69(52-13-5-3-6-14-52)31-37-76(38-32-69)67(82)60(71)28-21-50-22-30-66(86(73,84)85)51(43-50)23-29-61(72)68(83)77-39-33-70(34-40-77,53-15-7-4-8-16-53)36-42-79-56-26-27-57(79)47-59(46-56)81-49(2)75-63-18-10-12-20-65(63)81/h3-20,22,30,43,54-61H,21,23-29,31-42,44-47H2,1-2H3,(H2,73,84,85). The van der Waals surface area contributed by atoms with Gasteiger partial charge in [-0.05, 0) is 206 Å². The van der Waals surface area contributed by atoms with E-state index in [1.807, 2.05) is 15.9 Å². The fourth-order valence-electron chi connectivity index (χ4n) is 17.3. The Labute approximate surface area is 518 Å². The van der Waals surface area contributed by atoms with Crippen molar-refractivity contribution < 1.29 is 18.0 Å². The van der Waals surface area contributed by atoms with Gasteiger partial charge < -0.3 is 18.9 Å². The highest BCUT2D eigenvalue weighted by molar-refractivity contribution is 7.89. The molecule has 0 saturated carbocycles. The van der Waals surface area contributed by atoms with Crippen molar-refractivity contribution in [2.45, 2.75) is 192 Å². The van der Waals surface area contributed by atoms with Crippen molar-refractivity contribution in [1.82, 2.24) is 38.7 Å². The van der Waals surface area contributed by atoms with E-state index in [1.165, 1.54) is 47.8 Å². The van der Waals surface area contributed by atoms with Gasteiger partial charge in [0, 0.05) is 62.4 Å². The summed E-state index contributed by atoms with van der Waals surface area (Å²) in [6, 6.07) is 47.2. The minimum absolute atomic E-state index is 0.0235. The van der Waals surface area contributed by atoms with Crippen LogP contribution in [0.3, 0.4) is 0 Å². The molecule has 6 aliphatic heterocycles. The van der Waals surface area contributed by atoms with E-state index in [1.54, 1.807) is 12.1 Å². The van der Waals surface area contributed by atoms with E-state index < -0.39 is 20.8 Å². The number of sulfonamides is 1. The summed E-state index contributed by atoms with van der Waals surface area (Å²) in [7, 11) is -4.08. The molecule has 8 heterocycles. The molecule has 2 amide bonds. The lowest BCUT2D eigenvalue weighted by molar-refractivity contribution is -0.133. The minimum atomic E-state index is -4.08. The Balaban J connectivity index is 0.601. The maximum atomic E-state index is 14.2. The third kappa shape index (κ3) is 11.8. The van der Waals surface area contributed by atoms with Crippen LogP contribution in [0.25, 0.3) is 22.1 Å². The molecule has 2 N–H and O–H groups in total. The van der Waals surface area contributed by atoms with Crippen LogP contribution in [0.5, 0.6) is 0 Å². The first kappa shape index (κ1) is 59.4. The van der Waals surface area contributed by atoms with Crippen LogP contribution in [0.1, 0.15) is 149 Å². The van der Waals surface area contributed by atoms with Gasteiger partial charge in [-0.2, -0.15) is 0 Å². The van der Waals surface area contributed by atoms with Crippen LogP contribution in [-0.4, -0.2) is 133 Å². The zero-order chi connectivity index (χ0) is 59.3. The number of nitrogens with zero attached hydrogens (tertiary/aromatic N) is 8. The minimum Gasteiger partial charge on any atom is -0.341 e. The summed E-state index contributed by atoms with van der Waals surface area (Å²) >= 11 is 14.0. The molecule has 86 heavy (non-hydrogen) atoms. The maximum absolute atomic E-state index is 14.2. The highest BCUT2D eigenvalue weighted by Gasteiger charge is 2.47. The number of carbonyl (C=O) groups is 2. The number of aryl methyl sites for hydroxylation is 4. The first-order valence-corrected chi connectivity index (χ1v) is 34.6. The number of likely N-dealkylation sites (tertiary alicyclic amines) is 2. The van der Waals surface area contributed by atoms with Gasteiger partial charge in [0.2, 0.25) is 21.8 Å². The smallest absolute Gasteiger partial charge is 0.240 e. The fourth-order valence-corrected chi connectivity index (χ4v) is 18.6. The van der Waals surface area contributed by atoms with Crippen LogP contribution in [0.15, 0.2) is 132 Å². The average Bonchev–Trinajstić information content (AvgIpc) is 2.15. The summed E-state index contributed by atoms with van der Waals surface area (Å²) in [4.78, 5) is 47.8. The monoisotopic (exact) mass is 1220 g/mol. The van der Waals surface area contributed by atoms with Crippen LogP contribution < -0.4 is 5.14 Å². The van der Waals surface area contributed by atoms with Gasteiger partial charge >= 0.3 is 0 Å². The first-order valence-electron chi connectivity index (χ1n) is 32.1. The number of alkyl halides is 2. The Morgan fingerprint density at radius 1 is 0.547 bits per heavy atom. The summed E-state index contributed by atoms with van der Waals surface area (Å²) < 4.78 is 31.0. The van der Waals surface area contributed by atoms with E-state index in [-0.39, 0.29) is 40.4 Å². The van der Waals surface area contributed by atoms with Gasteiger partial charge in [-0.25, -0.2) is 23.5 Å². The van der Waals surface area contributed by atoms with Crippen LogP contribution in [0.4, 0.5) is 0 Å². The molecule has 5 aromatic carbocycles. The first-order chi connectivity index (χ1) is 41.6. The number of imidazole rings is 2. The quantitative estimate of drug-likeness (QED) is 0.0789. The lowest BCUT2D eigenvalue weighted by atomic mass is 9.70. The summed E-state index contributed by atoms with van der Waals surface area (Å²) in [5.74, 6) is 2.03. The Morgan fingerprint density at radius 2 is 0.942 bits per heavy atom. The predicted molar refractivity (Wildman–Crippen MR) is 343 cm³/mol. The molecule has 6 fully saturated rings. The third-order valence-electron chi connectivity index (χ3n) is 21.8. The molecule has 0 radical (unpaired) electrons. The SMILES string of the molecule is Cc1nc2ccccc2n1C1CC2CCC(C1)N2CCC1(c2ccccc2)CCN(C(=O)C(Cl)CCc2ccc(S(N)(=O)=O)c(CCC(Cl)C(=O)N3CCC(CCN4C5CCC4CC(n4c(C)nc6ccccc64)C5)(c4ccccc4)CC3)c2)CC1. The molecule has 16 heteroatoms. The summed E-state index contributed by atoms with van der Waals surface area (Å²) in [6.45, 7) is 8.87. The van der Waals surface area contributed by atoms with E-state index in [4.69, 9.17) is 38.3 Å². The van der Waals surface area contributed by atoms with Crippen LogP contribution in [-0.2, 0) is 43.3 Å². The van der Waals surface area contributed by atoms with Gasteiger partial charge in [0.05, 0.1) is 27.0 Å². The molecule has 13 rings (SSSR count). The number of hydrogen-bond donors (Lipinski definition) is 1. The van der Waals surface area contributed by atoms with E-state index in [0.29, 0.717) is 80.8 Å². The molecular formula is C70H85Cl2N9O4S. The number of carbonyl (C=O) groups excluding carboxylic acids is 2. The second kappa shape index (κ2) is 24.8. The lowest BCUT2D eigenvalue weighted by Gasteiger charge is -2.46. The zero-order valence-electron chi connectivity index (χ0n) is 50.2. The third-order valence-corrected chi connectivity index (χ3v) is 23.7. The number of piperidine rings is 4. The number of rotatable bonds is 19. The van der Waals surface area contributed by atoms with Gasteiger partial charge in [-0.1, -0.05) is 97.1 Å². The summed E-state index contributed by atoms with van der Waals surface area (Å²) in [5.41, 5.74) is 8.60. The second-order valence-electron chi connectivity index (χ2n) is 26.5. The maximum Gasteiger partial charge on any atom is 0.240 e. The van der Waals surface area contributed by atoms with Crippen molar-refractivity contribution in [3.05, 3.63) is 161 Å². The number of amides is 2. The van der Waals surface area contributed by atoms with Gasteiger partial charge in [0.25, 0.3) is 0 Å². The molecule has 6 saturated heterocycles. The molecule has 4 bridgehead atoms. The summed E-state index contributed by atoms with van der Waals surface area (Å²) in [5, 5.41) is 4.22. The molecule has 0 spiro atoms. The van der Waals surface area contributed by atoms with E-state index in [2.05, 4.69) is 142 Å².